The SMILES string of the molecule is Cc1cccc(NC(=O)CN2CCc3ccccc3[C@@H]2C(=O)N2CCC(C)CC2)c1C. The van der Waals surface area contributed by atoms with Gasteiger partial charge in [0.25, 0.3) is 0 Å². The third-order valence-electron chi connectivity index (χ3n) is 6.94. The summed E-state index contributed by atoms with van der Waals surface area (Å²) in [5.74, 6) is 0.735. The highest BCUT2D eigenvalue weighted by Crippen LogP contribution is 2.32. The molecule has 0 bridgehead atoms. The number of rotatable bonds is 4. The van der Waals surface area contributed by atoms with Crippen molar-refractivity contribution in [3.05, 3.63) is 64.7 Å². The van der Waals surface area contributed by atoms with E-state index >= 15 is 0 Å². The maximum Gasteiger partial charge on any atom is 0.244 e. The molecule has 2 amide bonds. The number of aryl methyl sites for hydroxylation is 1. The van der Waals surface area contributed by atoms with Gasteiger partial charge in [-0.05, 0) is 67.3 Å². The van der Waals surface area contributed by atoms with Gasteiger partial charge in [-0.3, -0.25) is 14.5 Å². The van der Waals surface area contributed by atoms with Crippen molar-refractivity contribution in [2.24, 2.45) is 5.92 Å². The summed E-state index contributed by atoms with van der Waals surface area (Å²) < 4.78 is 0. The van der Waals surface area contributed by atoms with Gasteiger partial charge in [-0.25, -0.2) is 0 Å². The van der Waals surface area contributed by atoms with Crippen molar-refractivity contribution in [2.45, 2.75) is 46.1 Å². The molecule has 164 valence electrons. The van der Waals surface area contributed by atoms with Crippen molar-refractivity contribution in [2.75, 3.05) is 31.5 Å². The Balaban J connectivity index is 1.54. The van der Waals surface area contributed by atoms with Crippen LogP contribution in [0.2, 0.25) is 0 Å². The largest absolute Gasteiger partial charge is 0.341 e. The van der Waals surface area contributed by atoms with Gasteiger partial charge in [-0.2, -0.15) is 0 Å². The Morgan fingerprint density at radius 2 is 1.74 bits per heavy atom. The summed E-state index contributed by atoms with van der Waals surface area (Å²) in [7, 11) is 0. The number of nitrogens with zero attached hydrogens (tertiary/aromatic N) is 2. The molecule has 5 nitrogen and oxygen atoms in total. The van der Waals surface area contributed by atoms with E-state index in [-0.39, 0.29) is 24.4 Å². The van der Waals surface area contributed by atoms with Crippen LogP contribution >= 0.6 is 0 Å². The maximum absolute atomic E-state index is 13.6. The second-order valence-electron chi connectivity index (χ2n) is 9.13. The van der Waals surface area contributed by atoms with E-state index in [4.69, 9.17) is 0 Å². The Bertz CT molecular complexity index is 963. The molecule has 0 spiro atoms. The van der Waals surface area contributed by atoms with E-state index in [9.17, 15) is 9.59 Å². The molecule has 1 saturated heterocycles. The Morgan fingerprint density at radius 1 is 1.00 bits per heavy atom. The minimum Gasteiger partial charge on any atom is -0.341 e. The van der Waals surface area contributed by atoms with Gasteiger partial charge in [0, 0.05) is 25.3 Å². The fourth-order valence-corrected chi connectivity index (χ4v) is 4.74. The van der Waals surface area contributed by atoms with E-state index < -0.39 is 0 Å². The summed E-state index contributed by atoms with van der Waals surface area (Å²) in [6, 6.07) is 13.7. The summed E-state index contributed by atoms with van der Waals surface area (Å²) in [5, 5.41) is 3.06. The van der Waals surface area contributed by atoms with Gasteiger partial charge in [0.15, 0.2) is 0 Å². The van der Waals surface area contributed by atoms with Gasteiger partial charge in [0.05, 0.1) is 6.54 Å². The third-order valence-corrected chi connectivity index (χ3v) is 6.94. The highest BCUT2D eigenvalue weighted by Gasteiger charge is 2.37. The fourth-order valence-electron chi connectivity index (χ4n) is 4.74. The maximum atomic E-state index is 13.6. The molecule has 2 aliphatic rings. The highest BCUT2D eigenvalue weighted by molar-refractivity contribution is 5.94. The number of hydrogen-bond donors (Lipinski definition) is 1. The van der Waals surface area contributed by atoms with Gasteiger partial charge >= 0.3 is 0 Å². The average molecular weight is 420 g/mol. The van der Waals surface area contributed by atoms with Crippen molar-refractivity contribution < 1.29 is 9.59 Å². The number of piperidine rings is 1. The average Bonchev–Trinajstić information content (AvgIpc) is 2.77. The molecule has 2 aromatic rings. The van der Waals surface area contributed by atoms with Crippen LogP contribution in [-0.2, 0) is 16.0 Å². The Morgan fingerprint density at radius 3 is 2.52 bits per heavy atom. The van der Waals surface area contributed by atoms with Crippen LogP contribution in [0.1, 0.15) is 48.1 Å². The van der Waals surface area contributed by atoms with E-state index in [0.29, 0.717) is 12.5 Å². The highest BCUT2D eigenvalue weighted by atomic mass is 16.2. The number of nitrogens with one attached hydrogen (secondary N) is 1. The van der Waals surface area contributed by atoms with Crippen molar-refractivity contribution in [3.8, 4) is 0 Å². The topological polar surface area (TPSA) is 52.7 Å². The van der Waals surface area contributed by atoms with Crippen molar-refractivity contribution in [3.63, 3.8) is 0 Å². The normalized spacial score (nSPS) is 19.7. The molecule has 1 fully saturated rings. The van der Waals surface area contributed by atoms with Crippen molar-refractivity contribution in [1.29, 1.82) is 0 Å². The van der Waals surface area contributed by atoms with E-state index in [0.717, 1.165) is 54.7 Å². The quantitative estimate of drug-likeness (QED) is 0.812. The number of carbonyl (C=O) groups is 2. The van der Waals surface area contributed by atoms with Gasteiger partial charge in [0.1, 0.15) is 6.04 Å². The molecule has 2 aromatic carbocycles. The number of hydrogen-bond acceptors (Lipinski definition) is 3. The molecule has 0 aliphatic carbocycles. The van der Waals surface area contributed by atoms with Gasteiger partial charge in [0.2, 0.25) is 11.8 Å². The molecular weight excluding hydrogens is 386 g/mol. The monoisotopic (exact) mass is 419 g/mol. The zero-order valence-electron chi connectivity index (χ0n) is 18.9. The predicted molar refractivity (Wildman–Crippen MR) is 124 cm³/mol. The third kappa shape index (κ3) is 4.67. The van der Waals surface area contributed by atoms with Crippen molar-refractivity contribution >= 4 is 17.5 Å². The number of amides is 2. The molecular formula is C26H33N3O2. The second-order valence-corrected chi connectivity index (χ2v) is 9.13. The first-order valence-electron chi connectivity index (χ1n) is 11.4. The Hall–Kier alpha value is -2.66. The standard InChI is InChI=1S/C26H33N3O2/c1-18-11-14-28(15-12-18)26(31)25-22-9-5-4-8-21(22)13-16-29(25)17-24(30)27-23-10-6-7-19(2)20(23)3/h4-10,18,25H,11-17H2,1-3H3,(H,27,30)/t25-/m1/s1. The van der Waals surface area contributed by atoms with Crippen LogP contribution in [0.5, 0.6) is 0 Å². The summed E-state index contributed by atoms with van der Waals surface area (Å²) in [6.45, 7) is 8.84. The molecule has 1 N–H and O–H groups in total. The number of anilines is 1. The number of carbonyl (C=O) groups excluding carboxylic acids is 2. The molecule has 31 heavy (non-hydrogen) atoms. The first kappa shape index (κ1) is 21.6. The molecule has 2 aliphatic heterocycles. The molecule has 0 unspecified atom stereocenters. The molecule has 2 heterocycles. The van der Waals surface area contributed by atoms with Crippen LogP contribution in [-0.4, -0.2) is 47.8 Å². The lowest BCUT2D eigenvalue weighted by Crippen LogP contribution is -2.50. The van der Waals surface area contributed by atoms with Gasteiger partial charge < -0.3 is 10.2 Å². The molecule has 0 radical (unpaired) electrons. The van der Waals surface area contributed by atoms with Crippen LogP contribution in [0.15, 0.2) is 42.5 Å². The van der Waals surface area contributed by atoms with E-state index in [1.165, 1.54) is 5.56 Å². The number of likely N-dealkylation sites (tertiary alicyclic amines) is 1. The zero-order chi connectivity index (χ0) is 22.0. The molecule has 4 rings (SSSR count). The van der Waals surface area contributed by atoms with E-state index in [1.54, 1.807) is 0 Å². The molecule has 1 atom stereocenters. The van der Waals surface area contributed by atoms with Crippen LogP contribution in [0.25, 0.3) is 0 Å². The van der Waals surface area contributed by atoms with Crippen LogP contribution in [0.3, 0.4) is 0 Å². The zero-order valence-corrected chi connectivity index (χ0v) is 18.9. The lowest BCUT2D eigenvalue weighted by molar-refractivity contribution is -0.139. The lowest BCUT2D eigenvalue weighted by atomic mass is 9.90. The number of benzene rings is 2. The van der Waals surface area contributed by atoms with Crippen LogP contribution < -0.4 is 5.32 Å². The predicted octanol–water partition coefficient (Wildman–Crippen LogP) is 4.10. The lowest BCUT2D eigenvalue weighted by Gasteiger charge is -2.40. The van der Waals surface area contributed by atoms with E-state index in [1.807, 2.05) is 49.1 Å². The first-order chi connectivity index (χ1) is 14.9. The smallest absolute Gasteiger partial charge is 0.244 e. The Labute approximate surface area is 185 Å². The summed E-state index contributed by atoms with van der Waals surface area (Å²) in [4.78, 5) is 30.7. The van der Waals surface area contributed by atoms with Gasteiger partial charge in [-0.1, -0.05) is 43.3 Å². The van der Waals surface area contributed by atoms with Gasteiger partial charge in [-0.15, -0.1) is 0 Å². The summed E-state index contributed by atoms with van der Waals surface area (Å²) in [6.07, 6.45) is 2.95. The molecule has 5 heteroatoms. The first-order valence-corrected chi connectivity index (χ1v) is 11.4. The fraction of sp³-hybridized carbons (Fsp3) is 0.462. The minimum absolute atomic E-state index is 0.0712. The number of fused-ring (bicyclic) bond motifs is 1. The van der Waals surface area contributed by atoms with E-state index in [2.05, 4.69) is 29.3 Å². The van der Waals surface area contributed by atoms with Crippen LogP contribution in [0.4, 0.5) is 5.69 Å². The molecule has 0 aromatic heterocycles. The molecule has 0 saturated carbocycles. The summed E-state index contributed by atoms with van der Waals surface area (Å²) >= 11 is 0. The second kappa shape index (κ2) is 9.23. The summed E-state index contributed by atoms with van der Waals surface area (Å²) in [5.41, 5.74) is 5.34. The minimum atomic E-state index is -0.386. The Kier molecular flexibility index (Phi) is 6.42. The van der Waals surface area contributed by atoms with Crippen LogP contribution in [0, 0.1) is 19.8 Å². The van der Waals surface area contributed by atoms with Crippen molar-refractivity contribution in [1.82, 2.24) is 9.80 Å².